The van der Waals surface area contributed by atoms with Crippen LogP contribution in [-0.2, 0) is 24.2 Å². The van der Waals surface area contributed by atoms with E-state index in [2.05, 4.69) is 10.4 Å². The number of carbonyl (C=O) groups is 1. The molecule has 3 aromatic rings. The molecule has 0 saturated carbocycles. The Morgan fingerprint density at radius 3 is 2.31 bits per heavy atom. The number of alkyl halides is 3. The van der Waals surface area contributed by atoms with Gasteiger partial charge in [-0.05, 0) is 24.0 Å². The Bertz CT molecular complexity index is 1100. The molecule has 1 N–H and O–H groups in total. The van der Waals surface area contributed by atoms with Gasteiger partial charge >= 0.3 is 12.1 Å². The third-order valence-corrected chi connectivity index (χ3v) is 5.58. The number of aryl methyl sites for hydroxylation is 2. The summed E-state index contributed by atoms with van der Waals surface area (Å²) in [6.07, 6.45) is -2.47. The van der Waals surface area contributed by atoms with Crippen LogP contribution in [0.15, 0.2) is 66.9 Å². The zero-order valence-corrected chi connectivity index (χ0v) is 17.9. The van der Waals surface area contributed by atoms with E-state index in [0.717, 1.165) is 16.0 Å². The summed E-state index contributed by atoms with van der Waals surface area (Å²) in [5.41, 5.74) is 2.26. The third kappa shape index (κ3) is 4.99. The van der Waals surface area contributed by atoms with Crippen LogP contribution in [0.3, 0.4) is 0 Å². The van der Waals surface area contributed by atoms with Crippen LogP contribution in [0, 0.1) is 0 Å². The fourth-order valence-electron chi connectivity index (χ4n) is 3.75. The summed E-state index contributed by atoms with van der Waals surface area (Å²) in [5, 5.41) is 7.52. The molecule has 32 heavy (non-hydrogen) atoms. The molecule has 0 aliphatic carbocycles. The van der Waals surface area contributed by atoms with E-state index in [1.807, 2.05) is 60.7 Å². The van der Waals surface area contributed by atoms with Crippen LogP contribution < -0.4 is 10.2 Å². The number of thiocarbonyl (C=S) groups is 1. The Morgan fingerprint density at radius 1 is 1.06 bits per heavy atom. The highest BCUT2D eigenvalue weighted by Crippen LogP contribution is 2.29. The summed E-state index contributed by atoms with van der Waals surface area (Å²) in [6.45, 7) is 0.270. The number of amides is 1. The Kier molecular flexibility index (Phi) is 6.27. The summed E-state index contributed by atoms with van der Waals surface area (Å²) in [6, 6.07) is 18.5. The van der Waals surface area contributed by atoms with E-state index in [-0.39, 0.29) is 22.9 Å². The van der Waals surface area contributed by atoms with Gasteiger partial charge in [-0.1, -0.05) is 72.9 Å². The Morgan fingerprint density at radius 2 is 1.69 bits per heavy atom. The molecule has 1 unspecified atom stereocenters. The molecule has 1 aromatic heterocycles. The fourth-order valence-corrected chi connectivity index (χ4v) is 4.06. The Labute approximate surface area is 188 Å². The van der Waals surface area contributed by atoms with Gasteiger partial charge in [0, 0.05) is 25.3 Å². The number of carbonyl (C=O) groups excluding carboxylic acids is 1. The zero-order chi connectivity index (χ0) is 22.7. The first kappa shape index (κ1) is 22.0. The molecule has 2 heterocycles. The molecule has 0 bridgehead atoms. The van der Waals surface area contributed by atoms with Gasteiger partial charge in [0.05, 0.1) is 5.69 Å². The number of nitrogens with one attached hydrogen (secondary N) is 1. The van der Waals surface area contributed by atoms with Crippen LogP contribution >= 0.6 is 12.2 Å². The second kappa shape index (κ2) is 9.12. The number of aromatic nitrogens is 2. The number of nitrogens with zero attached hydrogens (tertiary/aromatic N) is 3. The van der Waals surface area contributed by atoms with Gasteiger partial charge in [0.2, 0.25) is 0 Å². The van der Waals surface area contributed by atoms with Crippen molar-refractivity contribution in [2.45, 2.75) is 31.6 Å². The summed E-state index contributed by atoms with van der Waals surface area (Å²) in [4.78, 5) is 13.3. The molecule has 1 aliphatic rings. The molecule has 0 radical (unpaired) electrons. The Balaban J connectivity index is 1.61. The van der Waals surface area contributed by atoms with Gasteiger partial charge in [0.1, 0.15) is 10.7 Å². The maximum atomic E-state index is 13.4. The van der Waals surface area contributed by atoms with Crippen LogP contribution in [0.1, 0.15) is 16.8 Å². The third-order valence-electron chi connectivity index (χ3n) is 5.27. The number of fused-ring (bicyclic) bond motifs is 1. The van der Waals surface area contributed by atoms with Crippen LogP contribution in [0.2, 0.25) is 0 Å². The van der Waals surface area contributed by atoms with E-state index in [0.29, 0.717) is 19.4 Å². The summed E-state index contributed by atoms with van der Waals surface area (Å²) >= 11 is 5.46. The standard InChI is InChI=1S/C23H21F3N4OS/c24-23(25,26)22(31)30-14-18(13-17-9-5-2-6-10-17)27-21(32)20-19(30)15-29(28-20)12-11-16-7-3-1-4-8-16/h1-10,15,18H,11-14H2,(H,27,32). The normalized spacial score (nSPS) is 16.3. The summed E-state index contributed by atoms with van der Waals surface area (Å²) in [7, 11) is 0. The summed E-state index contributed by atoms with van der Waals surface area (Å²) < 4.78 is 41.8. The first-order chi connectivity index (χ1) is 15.3. The van der Waals surface area contributed by atoms with Crippen molar-refractivity contribution in [3.63, 3.8) is 0 Å². The van der Waals surface area contributed by atoms with E-state index in [9.17, 15) is 18.0 Å². The predicted octanol–water partition coefficient (Wildman–Crippen LogP) is 3.91. The fraction of sp³-hybridized carbons (Fsp3) is 0.261. The topological polar surface area (TPSA) is 50.2 Å². The lowest BCUT2D eigenvalue weighted by atomic mass is 10.1. The van der Waals surface area contributed by atoms with Crippen molar-refractivity contribution in [1.29, 1.82) is 0 Å². The minimum Gasteiger partial charge on any atom is -0.370 e. The van der Waals surface area contributed by atoms with E-state index >= 15 is 0 Å². The molecule has 0 spiro atoms. The molecule has 1 amide bonds. The number of halogens is 3. The van der Waals surface area contributed by atoms with Gasteiger partial charge in [-0.3, -0.25) is 14.4 Å². The lowest BCUT2D eigenvalue weighted by Gasteiger charge is -2.25. The molecule has 1 aliphatic heterocycles. The number of rotatable bonds is 5. The van der Waals surface area contributed by atoms with Gasteiger partial charge in [-0.25, -0.2) is 0 Å². The maximum absolute atomic E-state index is 13.4. The maximum Gasteiger partial charge on any atom is 0.471 e. The average molecular weight is 459 g/mol. The average Bonchev–Trinajstić information content (AvgIpc) is 3.15. The van der Waals surface area contributed by atoms with Crippen molar-refractivity contribution in [1.82, 2.24) is 15.1 Å². The monoisotopic (exact) mass is 458 g/mol. The lowest BCUT2D eigenvalue weighted by molar-refractivity contribution is -0.170. The predicted molar refractivity (Wildman–Crippen MR) is 120 cm³/mol. The van der Waals surface area contributed by atoms with Crippen molar-refractivity contribution < 1.29 is 18.0 Å². The first-order valence-corrected chi connectivity index (χ1v) is 10.6. The molecule has 166 valence electrons. The van der Waals surface area contributed by atoms with Crippen molar-refractivity contribution >= 4 is 28.8 Å². The van der Waals surface area contributed by atoms with E-state index in [1.54, 1.807) is 4.68 Å². The van der Waals surface area contributed by atoms with Gasteiger partial charge in [-0.15, -0.1) is 0 Å². The summed E-state index contributed by atoms with van der Waals surface area (Å²) in [5.74, 6) is -1.93. The SMILES string of the molecule is O=C(N1CC(Cc2ccccc2)NC(=S)c2nn(CCc3ccccc3)cc21)C(F)(F)F. The van der Waals surface area contributed by atoms with Crippen LogP contribution in [0.5, 0.6) is 0 Å². The van der Waals surface area contributed by atoms with Gasteiger partial charge in [0.15, 0.2) is 0 Å². The second-order valence-corrected chi connectivity index (χ2v) is 8.04. The van der Waals surface area contributed by atoms with Crippen LogP contribution in [-0.4, -0.2) is 39.4 Å². The highest BCUT2D eigenvalue weighted by atomic mass is 32.1. The van der Waals surface area contributed by atoms with Crippen molar-refractivity contribution in [2.75, 3.05) is 11.4 Å². The second-order valence-electron chi connectivity index (χ2n) is 7.64. The van der Waals surface area contributed by atoms with E-state index < -0.39 is 18.1 Å². The van der Waals surface area contributed by atoms with Crippen molar-refractivity contribution in [3.05, 3.63) is 83.7 Å². The number of hydrogen-bond donors (Lipinski definition) is 1. The molecule has 4 rings (SSSR count). The van der Waals surface area contributed by atoms with Gasteiger partial charge in [-0.2, -0.15) is 18.3 Å². The molecule has 9 heteroatoms. The molecule has 2 aromatic carbocycles. The molecule has 5 nitrogen and oxygen atoms in total. The van der Waals surface area contributed by atoms with Crippen LogP contribution in [0.4, 0.5) is 18.9 Å². The molecule has 1 atom stereocenters. The molecular weight excluding hydrogens is 437 g/mol. The quantitative estimate of drug-likeness (QED) is 0.589. The minimum absolute atomic E-state index is 0.0773. The van der Waals surface area contributed by atoms with Crippen molar-refractivity contribution in [2.24, 2.45) is 0 Å². The largest absolute Gasteiger partial charge is 0.471 e. The Hall–Kier alpha value is -3.20. The van der Waals surface area contributed by atoms with Gasteiger partial charge < -0.3 is 5.32 Å². The highest BCUT2D eigenvalue weighted by Gasteiger charge is 2.45. The zero-order valence-electron chi connectivity index (χ0n) is 17.0. The van der Waals surface area contributed by atoms with Crippen molar-refractivity contribution in [3.8, 4) is 0 Å². The number of benzene rings is 2. The number of anilines is 1. The molecule has 0 saturated heterocycles. The van der Waals surface area contributed by atoms with E-state index in [1.165, 1.54) is 6.20 Å². The molecular formula is C23H21F3N4OS. The highest BCUT2D eigenvalue weighted by molar-refractivity contribution is 7.80. The number of hydrogen-bond acceptors (Lipinski definition) is 3. The first-order valence-electron chi connectivity index (χ1n) is 10.2. The van der Waals surface area contributed by atoms with Crippen LogP contribution in [0.25, 0.3) is 0 Å². The van der Waals surface area contributed by atoms with E-state index in [4.69, 9.17) is 12.2 Å². The minimum atomic E-state index is -5.01. The van der Waals surface area contributed by atoms with Gasteiger partial charge in [0.25, 0.3) is 0 Å². The lowest BCUT2D eigenvalue weighted by Crippen LogP contribution is -2.48. The smallest absolute Gasteiger partial charge is 0.370 e. The molecule has 0 fully saturated rings.